The maximum Gasteiger partial charge on any atom is 0.222 e. The van der Waals surface area contributed by atoms with E-state index in [1.807, 2.05) is 68.2 Å². The lowest BCUT2D eigenvalue weighted by molar-refractivity contribution is 0.768. The van der Waals surface area contributed by atoms with Gasteiger partial charge in [0, 0.05) is 66.0 Å². The van der Waals surface area contributed by atoms with Crippen molar-refractivity contribution in [2.24, 2.45) is 12.8 Å². The highest BCUT2D eigenvalue weighted by Crippen LogP contribution is 2.33. The lowest BCUT2D eigenvalue weighted by Gasteiger charge is -2.24. The molecule has 0 amide bonds. The van der Waals surface area contributed by atoms with Gasteiger partial charge in [-0.05, 0) is 31.2 Å². The Morgan fingerprint density at radius 3 is 2.67 bits per heavy atom. The molecule has 0 saturated heterocycles. The summed E-state index contributed by atoms with van der Waals surface area (Å²) in [5.41, 5.74) is 17.4. The van der Waals surface area contributed by atoms with Gasteiger partial charge in [0.25, 0.3) is 0 Å². The lowest BCUT2D eigenvalue weighted by Crippen LogP contribution is -2.22. The van der Waals surface area contributed by atoms with Crippen LogP contribution in [0, 0.1) is 0 Å². The summed E-state index contributed by atoms with van der Waals surface area (Å²) in [6, 6.07) is 14.1. The molecule has 5 aromatic rings. The van der Waals surface area contributed by atoms with Crippen molar-refractivity contribution in [2.75, 3.05) is 23.7 Å². The molecular formula is C24H25N9. The quantitative estimate of drug-likeness (QED) is 0.354. The van der Waals surface area contributed by atoms with Crippen LogP contribution >= 0.6 is 0 Å². The smallest absolute Gasteiger partial charge is 0.222 e. The van der Waals surface area contributed by atoms with E-state index in [0.29, 0.717) is 6.54 Å². The van der Waals surface area contributed by atoms with E-state index in [9.17, 15) is 0 Å². The third-order valence-electron chi connectivity index (χ3n) is 5.51. The van der Waals surface area contributed by atoms with Crippen molar-refractivity contribution in [1.29, 1.82) is 0 Å². The highest BCUT2D eigenvalue weighted by Gasteiger charge is 2.16. The molecule has 0 fully saturated rings. The first-order valence-corrected chi connectivity index (χ1v) is 10.8. The Kier molecular flexibility index (Phi) is 5.45. The number of nitrogens with zero attached hydrogens (tertiary/aromatic N) is 6. The first kappa shape index (κ1) is 20.7. The van der Waals surface area contributed by atoms with Crippen molar-refractivity contribution in [3.05, 3.63) is 67.3 Å². The SMILES string of the molecule is Cn1cc(-c2cnc3[nH]cc(-c4cc(N(CCCN)c5ccccc5)nc(N)n4)c3c2)cn1. The number of hydrogen-bond acceptors (Lipinski definition) is 7. The number of aryl methyl sites for hydroxylation is 1. The predicted octanol–water partition coefficient (Wildman–Crippen LogP) is 3.49. The summed E-state index contributed by atoms with van der Waals surface area (Å²) in [6.45, 7) is 1.30. The number of nitrogen functional groups attached to an aromatic ring is 1. The molecule has 9 nitrogen and oxygen atoms in total. The predicted molar refractivity (Wildman–Crippen MR) is 131 cm³/mol. The van der Waals surface area contributed by atoms with Crippen LogP contribution in [-0.4, -0.2) is 42.8 Å². The molecule has 4 heterocycles. The molecule has 166 valence electrons. The number of benzene rings is 1. The van der Waals surface area contributed by atoms with Gasteiger partial charge in [-0.1, -0.05) is 18.2 Å². The van der Waals surface area contributed by atoms with E-state index in [2.05, 4.69) is 36.0 Å². The molecule has 33 heavy (non-hydrogen) atoms. The molecule has 0 saturated carbocycles. The Balaban J connectivity index is 1.60. The monoisotopic (exact) mass is 439 g/mol. The molecule has 0 spiro atoms. The molecule has 0 aliphatic rings. The van der Waals surface area contributed by atoms with Gasteiger partial charge in [0.05, 0.1) is 11.9 Å². The van der Waals surface area contributed by atoms with Crippen molar-refractivity contribution in [1.82, 2.24) is 29.7 Å². The van der Waals surface area contributed by atoms with Crippen molar-refractivity contribution >= 4 is 28.5 Å². The van der Waals surface area contributed by atoms with E-state index in [1.165, 1.54) is 0 Å². The van der Waals surface area contributed by atoms with E-state index >= 15 is 0 Å². The molecule has 0 unspecified atom stereocenters. The Hall–Kier alpha value is -4.24. The number of fused-ring (bicyclic) bond motifs is 1. The first-order valence-electron chi connectivity index (χ1n) is 10.8. The summed E-state index contributed by atoms with van der Waals surface area (Å²) in [7, 11) is 1.89. The zero-order valence-corrected chi connectivity index (χ0v) is 18.3. The van der Waals surface area contributed by atoms with Gasteiger partial charge >= 0.3 is 0 Å². The molecular weight excluding hydrogens is 414 g/mol. The number of rotatable bonds is 7. The number of nitrogens with two attached hydrogens (primary N) is 2. The lowest BCUT2D eigenvalue weighted by atomic mass is 10.1. The van der Waals surface area contributed by atoms with Gasteiger partial charge < -0.3 is 21.4 Å². The summed E-state index contributed by atoms with van der Waals surface area (Å²) in [4.78, 5) is 19.0. The van der Waals surface area contributed by atoms with Crippen molar-refractivity contribution in [3.8, 4) is 22.4 Å². The second-order valence-corrected chi connectivity index (χ2v) is 7.82. The molecule has 0 aliphatic heterocycles. The van der Waals surface area contributed by atoms with Crippen LogP contribution in [0.2, 0.25) is 0 Å². The average Bonchev–Trinajstić information content (AvgIpc) is 3.45. The van der Waals surface area contributed by atoms with E-state index < -0.39 is 0 Å². The van der Waals surface area contributed by atoms with Crippen molar-refractivity contribution in [3.63, 3.8) is 0 Å². The van der Waals surface area contributed by atoms with E-state index in [0.717, 1.165) is 57.9 Å². The molecule has 4 aromatic heterocycles. The van der Waals surface area contributed by atoms with Crippen LogP contribution in [0.3, 0.4) is 0 Å². The summed E-state index contributed by atoms with van der Waals surface area (Å²) < 4.78 is 1.77. The third-order valence-corrected chi connectivity index (χ3v) is 5.51. The number of aromatic nitrogens is 6. The summed E-state index contributed by atoms with van der Waals surface area (Å²) in [6.07, 6.45) is 8.35. The molecule has 5 N–H and O–H groups in total. The van der Waals surface area contributed by atoms with E-state index in [-0.39, 0.29) is 5.95 Å². The molecule has 0 radical (unpaired) electrons. The summed E-state index contributed by atoms with van der Waals surface area (Å²) in [5.74, 6) is 0.935. The van der Waals surface area contributed by atoms with Gasteiger partial charge in [-0.15, -0.1) is 0 Å². The normalized spacial score (nSPS) is 11.2. The number of para-hydroxylation sites is 1. The van der Waals surface area contributed by atoms with Crippen LogP contribution in [0.5, 0.6) is 0 Å². The van der Waals surface area contributed by atoms with Crippen LogP contribution in [0.25, 0.3) is 33.4 Å². The number of H-pyrrole nitrogens is 1. The Morgan fingerprint density at radius 1 is 1.06 bits per heavy atom. The molecule has 0 bridgehead atoms. The van der Waals surface area contributed by atoms with Crippen LogP contribution in [-0.2, 0) is 7.05 Å². The van der Waals surface area contributed by atoms with Crippen molar-refractivity contribution in [2.45, 2.75) is 6.42 Å². The Labute approximate surface area is 191 Å². The Bertz CT molecular complexity index is 1390. The maximum atomic E-state index is 6.17. The van der Waals surface area contributed by atoms with Gasteiger partial charge in [-0.3, -0.25) is 4.68 Å². The largest absolute Gasteiger partial charge is 0.368 e. The molecule has 1 aromatic carbocycles. The first-order chi connectivity index (χ1) is 16.1. The molecule has 0 aliphatic carbocycles. The highest BCUT2D eigenvalue weighted by atomic mass is 15.2. The average molecular weight is 440 g/mol. The van der Waals surface area contributed by atoms with Crippen LogP contribution in [0.4, 0.5) is 17.5 Å². The van der Waals surface area contributed by atoms with Gasteiger partial charge in [0.15, 0.2) is 0 Å². The van der Waals surface area contributed by atoms with Gasteiger partial charge in [-0.2, -0.15) is 10.1 Å². The fourth-order valence-electron chi connectivity index (χ4n) is 3.91. The Morgan fingerprint density at radius 2 is 1.91 bits per heavy atom. The molecule has 0 atom stereocenters. The van der Waals surface area contributed by atoms with Gasteiger partial charge in [0.1, 0.15) is 11.5 Å². The van der Waals surface area contributed by atoms with E-state index in [4.69, 9.17) is 11.5 Å². The minimum absolute atomic E-state index is 0.210. The third kappa shape index (κ3) is 4.13. The van der Waals surface area contributed by atoms with E-state index in [1.54, 1.807) is 4.68 Å². The second kappa shape index (κ2) is 8.71. The van der Waals surface area contributed by atoms with Crippen molar-refractivity contribution < 1.29 is 0 Å². The topological polar surface area (TPSA) is 128 Å². The summed E-state index contributed by atoms with van der Waals surface area (Å²) >= 11 is 0. The zero-order valence-electron chi connectivity index (χ0n) is 18.3. The standard InChI is InChI=1S/C24H25N9/c1-32-15-17(13-29-32)16-10-19-20(14-28-23(19)27-12-16)21-11-22(31-24(26)30-21)33(9-5-8-25)18-6-3-2-4-7-18/h2-4,6-7,10-15H,5,8-9,25H2,1H3,(H,27,28)(H2,26,30,31). The number of aromatic amines is 1. The second-order valence-electron chi connectivity index (χ2n) is 7.82. The van der Waals surface area contributed by atoms with Crippen LogP contribution in [0.1, 0.15) is 6.42 Å². The zero-order chi connectivity index (χ0) is 22.8. The number of anilines is 3. The van der Waals surface area contributed by atoms with Crippen LogP contribution in [0.15, 0.2) is 67.3 Å². The minimum Gasteiger partial charge on any atom is -0.368 e. The number of hydrogen-bond donors (Lipinski definition) is 3. The molecule has 9 heteroatoms. The highest BCUT2D eigenvalue weighted by molar-refractivity contribution is 5.95. The maximum absolute atomic E-state index is 6.17. The summed E-state index contributed by atoms with van der Waals surface area (Å²) in [5, 5.41) is 5.22. The van der Waals surface area contributed by atoms with Gasteiger partial charge in [0.2, 0.25) is 5.95 Å². The fourth-order valence-corrected chi connectivity index (χ4v) is 3.91. The van der Waals surface area contributed by atoms with Gasteiger partial charge in [-0.25, -0.2) is 9.97 Å². The number of nitrogens with one attached hydrogen (secondary N) is 1. The number of pyridine rings is 1. The van der Waals surface area contributed by atoms with Crippen LogP contribution < -0.4 is 16.4 Å². The fraction of sp³-hybridized carbons (Fsp3) is 0.167. The molecule has 5 rings (SSSR count). The minimum atomic E-state index is 0.210.